The maximum absolute atomic E-state index is 13.4. The monoisotopic (exact) mass is 302 g/mol. The Bertz CT molecular complexity index is 762. The molecule has 0 saturated heterocycles. The number of aryl methyl sites for hydroxylation is 2. The summed E-state index contributed by atoms with van der Waals surface area (Å²) in [5, 5.41) is 0. The molecule has 2 aromatic carbocycles. The van der Waals surface area contributed by atoms with Gasteiger partial charge in [0.15, 0.2) is 0 Å². The number of hydrogen-bond donors (Lipinski definition) is 0. The van der Waals surface area contributed by atoms with Crippen molar-refractivity contribution in [3.63, 3.8) is 0 Å². The predicted octanol–water partition coefficient (Wildman–Crippen LogP) is 4.51. The van der Waals surface area contributed by atoms with Crippen LogP contribution in [0.3, 0.4) is 0 Å². The highest BCUT2D eigenvalue weighted by atomic mass is 35.5. The molecule has 0 aliphatic carbocycles. The first kappa shape index (κ1) is 14.1. The quantitative estimate of drug-likeness (QED) is 0.648. The Balaban J connectivity index is 2.13. The topological polar surface area (TPSA) is 17.8 Å². The molecule has 0 unspecified atom stereocenters. The number of aromatic nitrogens is 2. The summed E-state index contributed by atoms with van der Waals surface area (Å²) in [7, 11) is 0. The number of halogens is 2. The summed E-state index contributed by atoms with van der Waals surface area (Å²) >= 11 is 5.77. The van der Waals surface area contributed by atoms with Crippen LogP contribution >= 0.6 is 11.6 Å². The Morgan fingerprint density at radius 1 is 1.14 bits per heavy atom. The second-order valence-electron chi connectivity index (χ2n) is 4.96. The van der Waals surface area contributed by atoms with Crippen molar-refractivity contribution in [2.24, 2.45) is 0 Å². The molecule has 2 nitrogen and oxygen atoms in total. The molecular formula is C17H16ClFN2. The van der Waals surface area contributed by atoms with Gasteiger partial charge in [0.05, 0.1) is 11.0 Å². The number of fused-ring (bicyclic) bond motifs is 1. The van der Waals surface area contributed by atoms with Gasteiger partial charge in [-0.1, -0.05) is 19.1 Å². The van der Waals surface area contributed by atoms with Gasteiger partial charge in [0.25, 0.3) is 0 Å². The van der Waals surface area contributed by atoms with E-state index in [4.69, 9.17) is 11.6 Å². The van der Waals surface area contributed by atoms with Gasteiger partial charge in [0.1, 0.15) is 11.6 Å². The van der Waals surface area contributed by atoms with Crippen molar-refractivity contribution in [2.45, 2.75) is 19.8 Å². The van der Waals surface area contributed by atoms with Crippen LogP contribution in [0.5, 0.6) is 0 Å². The average molecular weight is 303 g/mol. The molecule has 3 rings (SSSR count). The van der Waals surface area contributed by atoms with Crippen LogP contribution in [0.4, 0.5) is 4.39 Å². The van der Waals surface area contributed by atoms with Crippen molar-refractivity contribution in [1.82, 2.24) is 9.55 Å². The third kappa shape index (κ3) is 2.66. The van der Waals surface area contributed by atoms with Crippen LogP contribution in [0.15, 0.2) is 42.5 Å². The molecule has 3 aromatic rings. The van der Waals surface area contributed by atoms with E-state index >= 15 is 0 Å². The van der Waals surface area contributed by atoms with E-state index in [9.17, 15) is 4.39 Å². The van der Waals surface area contributed by atoms with Gasteiger partial charge in [0, 0.05) is 24.1 Å². The molecule has 1 aromatic heterocycles. The molecule has 0 atom stereocenters. The fraction of sp³-hybridized carbons (Fsp3) is 0.235. The summed E-state index contributed by atoms with van der Waals surface area (Å²) in [6.07, 6.45) is 1.65. The SMILES string of the molecule is CCc1nc2cc(F)ccc2n1-c1ccc(CCCl)cc1. The molecule has 0 aliphatic heterocycles. The highest BCUT2D eigenvalue weighted by Gasteiger charge is 2.11. The standard InChI is InChI=1S/C17H16ClFN2/c1-2-17-20-15-11-13(19)5-8-16(15)21(17)14-6-3-12(4-7-14)9-10-18/h3-8,11H,2,9-10H2,1H3. The van der Waals surface area contributed by atoms with Gasteiger partial charge in [0.2, 0.25) is 0 Å². The number of hydrogen-bond acceptors (Lipinski definition) is 1. The van der Waals surface area contributed by atoms with Gasteiger partial charge in [-0.2, -0.15) is 0 Å². The van der Waals surface area contributed by atoms with Crippen molar-refractivity contribution in [1.29, 1.82) is 0 Å². The zero-order valence-electron chi connectivity index (χ0n) is 11.8. The first-order valence-corrected chi connectivity index (χ1v) is 7.58. The number of rotatable bonds is 4. The molecule has 0 bridgehead atoms. The number of nitrogens with zero attached hydrogens (tertiary/aromatic N) is 2. The maximum atomic E-state index is 13.4. The lowest BCUT2D eigenvalue weighted by Crippen LogP contribution is -2.00. The third-order valence-corrected chi connectivity index (χ3v) is 3.77. The van der Waals surface area contributed by atoms with Gasteiger partial charge >= 0.3 is 0 Å². The maximum Gasteiger partial charge on any atom is 0.125 e. The van der Waals surface area contributed by atoms with Crippen molar-refractivity contribution in [2.75, 3.05) is 5.88 Å². The van der Waals surface area contributed by atoms with E-state index in [1.54, 1.807) is 6.07 Å². The molecule has 0 aliphatic rings. The molecule has 21 heavy (non-hydrogen) atoms. The fourth-order valence-electron chi connectivity index (χ4n) is 2.55. The van der Waals surface area contributed by atoms with Crippen LogP contribution < -0.4 is 0 Å². The van der Waals surface area contributed by atoms with Crippen LogP contribution in [0.1, 0.15) is 18.3 Å². The number of imidazole rings is 1. The number of benzene rings is 2. The molecule has 0 fully saturated rings. The molecule has 0 radical (unpaired) electrons. The summed E-state index contributed by atoms with van der Waals surface area (Å²) in [6.45, 7) is 2.05. The fourth-order valence-corrected chi connectivity index (χ4v) is 2.77. The Hall–Kier alpha value is -1.87. The minimum Gasteiger partial charge on any atom is -0.296 e. The molecule has 0 spiro atoms. The molecular weight excluding hydrogens is 287 g/mol. The molecule has 0 N–H and O–H groups in total. The zero-order chi connectivity index (χ0) is 14.8. The minimum absolute atomic E-state index is 0.257. The summed E-state index contributed by atoms with van der Waals surface area (Å²) in [6, 6.07) is 13.0. The Kier molecular flexibility index (Phi) is 3.93. The summed E-state index contributed by atoms with van der Waals surface area (Å²) in [5.74, 6) is 1.29. The molecule has 1 heterocycles. The van der Waals surface area contributed by atoms with Crippen molar-refractivity contribution in [3.8, 4) is 5.69 Å². The third-order valence-electron chi connectivity index (χ3n) is 3.58. The lowest BCUT2D eigenvalue weighted by molar-refractivity contribution is 0.629. The van der Waals surface area contributed by atoms with E-state index in [0.717, 1.165) is 29.9 Å². The average Bonchev–Trinajstić information content (AvgIpc) is 2.86. The molecule has 4 heteroatoms. The summed E-state index contributed by atoms with van der Waals surface area (Å²) < 4.78 is 15.4. The first-order chi connectivity index (χ1) is 10.2. The second kappa shape index (κ2) is 5.86. The lowest BCUT2D eigenvalue weighted by Gasteiger charge is -2.09. The second-order valence-corrected chi connectivity index (χ2v) is 5.33. The summed E-state index contributed by atoms with van der Waals surface area (Å²) in [5.41, 5.74) is 3.87. The van der Waals surface area contributed by atoms with Crippen molar-refractivity contribution in [3.05, 3.63) is 59.7 Å². The van der Waals surface area contributed by atoms with Gasteiger partial charge in [-0.25, -0.2) is 9.37 Å². The van der Waals surface area contributed by atoms with Crippen LogP contribution in [0, 0.1) is 5.82 Å². The van der Waals surface area contributed by atoms with E-state index in [0.29, 0.717) is 11.4 Å². The molecule has 108 valence electrons. The van der Waals surface area contributed by atoms with Gasteiger partial charge < -0.3 is 0 Å². The molecule has 0 amide bonds. The lowest BCUT2D eigenvalue weighted by atomic mass is 10.1. The highest BCUT2D eigenvalue weighted by molar-refractivity contribution is 6.17. The van der Waals surface area contributed by atoms with Crippen molar-refractivity contribution >= 4 is 22.6 Å². The Morgan fingerprint density at radius 2 is 1.90 bits per heavy atom. The van der Waals surface area contributed by atoms with Crippen LogP contribution in [-0.2, 0) is 12.8 Å². The van der Waals surface area contributed by atoms with E-state index in [1.807, 2.05) is 0 Å². The predicted molar refractivity (Wildman–Crippen MR) is 84.8 cm³/mol. The first-order valence-electron chi connectivity index (χ1n) is 7.05. The normalized spacial score (nSPS) is 11.2. The zero-order valence-corrected chi connectivity index (χ0v) is 12.6. The molecule has 0 saturated carbocycles. The van der Waals surface area contributed by atoms with Gasteiger partial charge in [-0.15, -0.1) is 11.6 Å². The van der Waals surface area contributed by atoms with Crippen LogP contribution in [-0.4, -0.2) is 15.4 Å². The largest absolute Gasteiger partial charge is 0.296 e. The van der Waals surface area contributed by atoms with E-state index in [-0.39, 0.29) is 5.82 Å². The van der Waals surface area contributed by atoms with Gasteiger partial charge in [-0.05, 0) is 36.2 Å². The Morgan fingerprint density at radius 3 is 2.57 bits per heavy atom. The summed E-state index contributed by atoms with van der Waals surface area (Å²) in [4.78, 5) is 4.53. The highest BCUT2D eigenvalue weighted by Crippen LogP contribution is 2.23. The van der Waals surface area contributed by atoms with Crippen LogP contribution in [0.25, 0.3) is 16.7 Å². The Labute approximate surface area is 128 Å². The number of alkyl halides is 1. The van der Waals surface area contributed by atoms with E-state index in [1.165, 1.54) is 17.7 Å². The van der Waals surface area contributed by atoms with Crippen LogP contribution in [0.2, 0.25) is 0 Å². The smallest absolute Gasteiger partial charge is 0.125 e. The van der Waals surface area contributed by atoms with Crippen molar-refractivity contribution < 1.29 is 4.39 Å². The van der Waals surface area contributed by atoms with Gasteiger partial charge in [-0.3, -0.25) is 4.57 Å². The minimum atomic E-state index is -0.257. The van der Waals surface area contributed by atoms with E-state index < -0.39 is 0 Å². The van der Waals surface area contributed by atoms with E-state index in [2.05, 4.69) is 40.7 Å².